The highest BCUT2D eigenvalue weighted by Crippen LogP contribution is 2.21. The number of aryl methyl sites for hydroxylation is 3. The number of hydrogen-bond acceptors (Lipinski definition) is 5. The maximum absolute atomic E-state index is 12.2. The second kappa shape index (κ2) is 5.39. The van der Waals surface area contributed by atoms with Crippen molar-refractivity contribution >= 4 is 17.6 Å². The molecule has 0 saturated carbocycles. The van der Waals surface area contributed by atoms with Gasteiger partial charge < -0.3 is 10.1 Å². The summed E-state index contributed by atoms with van der Waals surface area (Å²) in [4.78, 5) is 23.9. The van der Waals surface area contributed by atoms with E-state index in [1.54, 1.807) is 31.8 Å². The molecule has 0 fully saturated rings. The molecule has 0 aromatic carbocycles. The third-order valence-corrected chi connectivity index (χ3v) is 3.30. The fourth-order valence-corrected chi connectivity index (χ4v) is 1.85. The van der Waals surface area contributed by atoms with E-state index >= 15 is 0 Å². The Morgan fingerprint density at radius 3 is 2.38 bits per heavy atom. The second-order valence-corrected chi connectivity index (χ2v) is 4.67. The van der Waals surface area contributed by atoms with Crippen LogP contribution in [0.5, 0.6) is 0 Å². The van der Waals surface area contributed by atoms with Gasteiger partial charge in [-0.3, -0.25) is 14.2 Å². The number of methoxy groups -OCH3 is 1. The predicted octanol–water partition coefficient (Wildman–Crippen LogP) is 0.809. The van der Waals surface area contributed by atoms with E-state index in [1.165, 1.54) is 11.8 Å². The molecule has 21 heavy (non-hydrogen) atoms. The Labute approximate surface area is 121 Å². The molecule has 112 valence electrons. The third-order valence-electron chi connectivity index (χ3n) is 3.30. The largest absolute Gasteiger partial charge is 0.464 e. The molecule has 2 aromatic rings. The van der Waals surface area contributed by atoms with Crippen molar-refractivity contribution < 1.29 is 14.3 Å². The topological polar surface area (TPSA) is 91.0 Å². The average Bonchev–Trinajstić information content (AvgIpc) is 2.92. The van der Waals surface area contributed by atoms with Gasteiger partial charge in [0.05, 0.1) is 18.5 Å². The summed E-state index contributed by atoms with van der Waals surface area (Å²) in [6, 6.07) is 1.67. The lowest BCUT2D eigenvalue weighted by molar-refractivity contribution is 0.0594. The number of carbonyl (C=O) groups is 2. The van der Waals surface area contributed by atoms with Crippen molar-refractivity contribution in [1.82, 2.24) is 19.6 Å². The van der Waals surface area contributed by atoms with Crippen LogP contribution in [0.2, 0.25) is 0 Å². The molecule has 0 radical (unpaired) electrons. The third kappa shape index (κ3) is 2.64. The van der Waals surface area contributed by atoms with Gasteiger partial charge in [-0.2, -0.15) is 10.2 Å². The number of ether oxygens (including phenoxy) is 1. The molecule has 0 unspecified atom stereocenters. The van der Waals surface area contributed by atoms with E-state index in [2.05, 4.69) is 20.3 Å². The molecule has 2 aromatic heterocycles. The molecule has 2 heterocycles. The number of nitrogens with zero attached hydrogens (tertiary/aromatic N) is 4. The smallest absolute Gasteiger partial charge is 0.360 e. The van der Waals surface area contributed by atoms with Crippen molar-refractivity contribution in [2.75, 3.05) is 12.4 Å². The molecule has 0 aliphatic carbocycles. The van der Waals surface area contributed by atoms with E-state index in [-0.39, 0.29) is 11.4 Å². The van der Waals surface area contributed by atoms with Crippen molar-refractivity contribution in [3.8, 4) is 0 Å². The van der Waals surface area contributed by atoms with E-state index in [4.69, 9.17) is 0 Å². The Hall–Kier alpha value is -2.64. The van der Waals surface area contributed by atoms with Gasteiger partial charge in [0.15, 0.2) is 11.4 Å². The lowest BCUT2D eigenvalue weighted by Crippen LogP contribution is -2.16. The van der Waals surface area contributed by atoms with Crippen molar-refractivity contribution in [2.24, 2.45) is 14.1 Å². The second-order valence-electron chi connectivity index (χ2n) is 4.67. The number of hydrogen-bond donors (Lipinski definition) is 1. The summed E-state index contributed by atoms with van der Waals surface area (Å²) >= 11 is 0. The van der Waals surface area contributed by atoms with Crippen LogP contribution in [0.4, 0.5) is 5.69 Å². The first kappa shape index (κ1) is 14.8. The average molecular weight is 291 g/mol. The Morgan fingerprint density at radius 2 is 1.86 bits per heavy atom. The van der Waals surface area contributed by atoms with E-state index in [1.807, 2.05) is 6.92 Å². The highest BCUT2D eigenvalue weighted by atomic mass is 16.5. The van der Waals surface area contributed by atoms with Crippen molar-refractivity contribution in [3.63, 3.8) is 0 Å². The number of aromatic nitrogens is 4. The Morgan fingerprint density at radius 1 is 1.19 bits per heavy atom. The minimum absolute atomic E-state index is 0.0681. The molecule has 8 nitrogen and oxygen atoms in total. The first-order valence-corrected chi connectivity index (χ1v) is 6.29. The fourth-order valence-electron chi connectivity index (χ4n) is 1.85. The molecule has 0 spiro atoms. The van der Waals surface area contributed by atoms with Crippen LogP contribution in [-0.2, 0) is 18.8 Å². The molecule has 0 bridgehead atoms. The summed E-state index contributed by atoms with van der Waals surface area (Å²) in [5, 5.41) is 10.8. The monoisotopic (exact) mass is 291 g/mol. The van der Waals surface area contributed by atoms with Crippen molar-refractivity contribution in [1.29, 1.82) is 0 Å². The summed E-state index contributed by atoms with van der Waals surface area (Å²) in [7, 11) is 4.70. The first-order chi connectivity index (χ1) is 9.85. The van der Waals surface area contributed by atoms with Gasteiger partial charge in [-0.15, -0.1) is 0 Å². The molecule has 0 aliphatic rings. The zero-order chi connectivity index (χ0) is 15.7. The van der Waals surface area contributed by atoms with Gasteiger partial charge in [0.1, 0.15) is 0 Å². The molecule has 0 saturated heterocycles. The standard InChI is InChI=1S/C13H17N5O3/c1-7-6-9(15-17(7)3)12(19)14-10-8(2)18(4)16-11(10)13(20)21-5/h6H,1-5H3,(H,14,19). The number of amides is 1. The number of anilines is 1. The molecular formula is C13H17N5O3. The molecule has 2 rings (SSSR count). The zero-order valence-electron chi connectivity index (χ0n) is 12.6. The van der Waals surface area contributed by atoms with Crippen LogP contribution < -0.4 is 5.32 Å². The minimum Gasteiger partial charge on any atom is -0.464 e. The van der Waals surface area contributed by atoms with Crippen LogP contribution in [0.3, 0.4) is 0 Å². The highest BCUT2D eigenvalue weighted by molar-refractivity contribution is 6.07. The number of carbonyl (C=O) groups excluding carboxylic acids is 2. The lowest BCUT2D eigenvalue weighted by Gasteiger charge is -2.04. The van der Waals surface area contributed by atoms with Crippen LogP contribution in [0.1, 0.15) is 32.4 Å². The first-order valence-electron chi connectivity index (χ1n) is 6.29. The van der Waals surface area contributed by atoms with Crippen LogP contribution in [0, 0.1) is 13.8 Å². The maximum Gasteiger partial charge on any atom is 0.360 e. The number of esters is 1. The van der Waals surface area contributed by atoms with Crippen LogP contribution in [0.25, 0.3) is 0 Å². The van der Waals surface area contributed by atoms with Gasteiger partial charge in [-0.05, 0) is 19.9 Å². The van der Waals surface area contributed by atoms with Crippen LogP contribution in [0.15, 0.2) is 6.07 Å². The predicted molar refractivity (Wildman–Crippen MR) is 75.2 cm³/mol. The van der Waals surface area contributed by atoms with Gasteiger partial charge in [-0.1, -0.05) is 0 Å². The van der Waals surface area contributed by atoms with E-state index < -0.39 is 11.9 Å². The molecule has 8 heteroatoms. The van der Waals surface area contributed by atoms with Crippen molar-refractivity contribution in [3.05, 3.63) is 28.8 Å². The summed E-state index contributed by atoms with van der Waals surface area (Å²) < 4.78 is 7.78. The highest BCUT2D eigenvalue weighted by Gasteiger charge is 2.23. The molecular weight excluding hydrogens is 274 g/mol. The number of rotatable bonds is 3. The van der Waals surface area contributed by atoms with E-state index in [0.717, 1.165) is 5.69 Å². The summed E-state index contributed by atoms with van der Waals surface area (Å²) in [5.74, 6) is -1.01. The van der Waals surface area contributed by atoms with Crippen molar-refractivity contribution in [2.45, 2.75) is 13.8 Å². The normalized spacial score (nSPS) is 10.5. The Kier molecular flexibility index (Phi) is 3.79. The Bertz CT molecular complexity index is 694. The quantitative estimate of drug-likeness (QED) is 0.845. The minimum atomic E-state index is -0.605. The Balaban J connectivity index is 2.35. The van der Waals surface area contributed by atoms with E-state index in [0.29, 0.717) is 11.4 Å². The van der Waals surface area contributed by atoms with Gasteiger partial charge in [0, 0.05) is 19.8 Å². The molecule has 1 N–H and O–H groups in total. The molecule has 1 amide bonds. The van der Waals surface area contributed by atoms with Gasteiger partial charge in [-0.25, -0.2) is 4.79 Å². The zero-order valence-corrected chi connectivity index (χ0v) is 12.6. The number of nitrogens with one attached hydrogen (secondary N) is 1. The van der Waals surface area contributed by atoms with E-state index in [9.17, 15) is 9.59 Å². The summed E-state index contributed by atoms with van der Waals surface area (Å²) in [6.45, 7) is 3.59. The summed E-state index contributed by atoms with van der Waals surface area (Å²) in [6.07, 6.45) is 0. The van der Waals surface area contributed by atoms with Gasteiger partial charge in [0.2, 0.25) is 0 Å². The lowest BCUT2D eigenvalue weighted by atomic mass is 10.2. The van der Waals surface area contributed by atoms with Crippen LogP contribution in [-0.4, -0.2) is 38.5 Å². The molecule has 0 aliphatic heterocycles. The summed E-state index contributed by atoms with van der Waals surface area (Å²) in [5.41, 5.74) is 2.18. The SMILES string of the molecule is COC(=O)c1nn(C)c(C)c1NC(=O)c1cc(C)n(C)n1. The van der Waals surface area contributed by atoms with Gasteiger partial charge >= 0.3 is 5.97 Å². The molecule has 0 atom stereocenters. The van der Waals surface area contributed by atoms with Gasteiger partial charge in [0.25, 0.3) is 5.91 Å². The van der Waals surface area contributed by atoms with Crippen LogP contribution >= 0.6 is 0 Å². The maximum atomic E-state index is 12.2. The fraction of sp³-hybridized carbons (Fsp3) is 0.385.